The summed E-state index contributed by atoms with van der Waals surface area (Å²) in [5.74, 6) is -1.35. The molecule has 2 heterocycles. The quantitative estimate of drug-likeness (QED) is 0.877. The van der Waals surface area contributed by atoms with E-state index in [0.717, 1.165) is 5.01 Å². The molecule has 0 spiro atoms. The molecule has 0 saturated carbocycles. The molecule has 1 aliphatic heterocycles. The highest BCUT2D eigenvalue weighted by atomic mass is 32.1. The van der Waals surface area contributed by atoms with E-state index in [1.54, 1.807) is 12.3 Å². The maximum atomic E-state index is 12.2. The minimum atomic E-state index is -1.00. The molecular formula is C11H14N2O4S. The predicted octanol–water partition coefficient (Wildman–Crippen LogP) is 0.766. The molecule has 2 atom stereocenters. The van der Waals surface area contributed by atoms with Gasteiger partial charge in [-0.25, -0.2) is 9.78 Å². The molecule has 98 valence electrons. The Balaban J connectivity index is 2.20. The molecule has 7 heteroatoms. The Hall–Kier alpha value is -1.47. The second kappa shape index (κ2) is 5.03. The summed E-state index contributed by atoms with van der Waals surface area (Å²) in [7, 11) is 1.52. The smallest absolute Gasteiger partial charge is 0.326 e. The number of ether oxygens (including phenoxy) is 1. The first kappa shape index (κ1) is 13.0. The summed E-state index contributed by atoms with van der Waals surface area (Å²) in [6.45, 7) is 2.10. The van der Waals surface area contributed by atoms with Gasteiger partial charge in [0.2, 0.25) is 0 Å². The molecule has 1 aromatic rings. The standard InChI is InChI=1S/C11H14N2O4S/c1-6-12-8(5-18-6)10(14)13-4-7(17-2)3-9(13)11(15)16/h5,7,9H,3-4H2,1-2H3,(H,15,16). The molecule has 0 aromatic carbocycles. The highest BCUT2D eigenvalue weighted by Crippen LogP contribution is 2.23. The molecule has 2 unspecified atom stereocenters. The normalized spacial score (nSPS) is 23.3. The van der Waals surface area contributed by atoms with Crippen molar-refractivity contribution in [1.82, 2.24) is 9.88 Å². The van der Waals surface area contributed by atoms with Gasteiger partial charge >= 0.3 is 5.97 Å². The summed E-state index contributed by atoms with van der Waals surface area (Å²) in [6.07, 6.45) is 0.0931. The molecule has 6 nitrogen and oxygen atoms in total. The molecule has 1 aliphatic rings. The predicted molar refractivity (Wildman–Crippen MR) is 64.7 cm³/mol. The molecule has 1 fully saturated rings. The number of carbonyl (C=O) groups excluding carboxylic acids is 1. The molecule has 18 heavy (non-hydrogen) atoms. The first-order valence-electron chi connectivity index (χ1n) is 5.51. The van der Waals surface area contributed by atoms with E-state index in [1.807, 2.05) is 0 Å². The molecule has 0 radical (unpaired) electrons. The number of carboxylic acid groups (broad SMARTS) is 1. The van der Waals surface area contributed by atoms with Crippen LogP contribution in [0.25, 0.3) is 0 Å². The van der Waals surface area contributed by atoms with Gasteiger partial charge in [-0.2, -0.15) is 0 Å². The second-order valence-corrected chi connectivity index (χ2v) is 5.22. The van der Waals surface area contributed by atoms with Crippen LogP contribution in [0.5, 0.6) is 0 Å². The number of amides is 1. The first-order valence-corrected chi connectivity index (χ1v) is 6.39. The van der Waals surface area contributed by atoms with Crippen molar-refractivity contribution >= 4 is 23.2 Å². The first-order chi connectivity index (χ1) is 8.52. The van der Waals surface area contributed by atoms with Crippen LogP contribution in [0.1, 0.15) is 21.9 Å². The zero-order valence-electron chi connectivity index (χ0n) is 10.1. The van der Waals surface area contributed by atoms with E-state index in [1.165, 1.54) is 23.3 Å². The molecule has 0 bridgehead atoms. The van der Waals surface area contributed by atoms with Crippen molar-refractivity contribution in [2.45, 2.75) is 25.5 Å². The fourth-order valence-electron chi connectivity index (χ4n) is 2.04. The third kappa shape index (κ3) is 2.37. The SMILES string of the molecule is COC1CC(C(=O)O)N(C(=O)c2csc(C)n2)C1. The van der Waals surface area contributed by atoms with Crippen LogP contribution >= 0.6 is 11.3 Å². The minimum absolute atomic E-state index is 0.227. The minimum Gasteiger partial charge on any atom is -0.480 e. The largest absolute Gasteiger partial charge is 0.480 e. The van der Waals surface area contributed by atoms with Crippen LogP contribution in [0.2, 0.25) is 0 Å². The Kier molecular flexibility index (Phi) is 3.63. The average molecular weight is 270 g/mol. The average Bonchev–Trinajstić information content (AvgIpc) is 2.93. The maximum absolute atomic E-state index is 12.2. The van der Waals surface area contributed by atoms with Gasteiger partial charge in [0, 0.05) is 25.5 Å². The van der Waals surface area contributed by atoms with Crippen molar-refractivity contribution in [3.8, 4) is 0 Å². The molecule has 1 amide bonds. The van der Waals surface area contributed by atoms with E-state index in [-0.39, 0.29) is 12.0 Å². The van der Waals surface area contributed by atoms with Gasteiger partial charge in [-0.15, -0.1) is 11.3 Å². The van der Waals surface area contributed by atoms with Crippen molar-refractivity contribution < 1.29 is 19.4 Å². The summed E-state index contributed by atoms with van der Waals surface area (Å²) in [4.78, 5) is 28.8. The summed E-state index contributed by atoms with van der Waals surface area (Å²) >= 11 is 1.37. The molecule has 1 N–H and O–H groups in total. The van der Waals surface area contributed by atoms with Crippen molar-refractivity contribution in [1.29, 1.82) is 0 Å². The van der Waals surface area contributed by atoms with E-state index >= 15 is 0 Å². The van der Waals surface area contributed by atoms with Crippen LogP contribution in [-0.2, 0) is 9.53 Å². The number of carbonyl (C=O) groups is 2. The van der Waals surface area contributed by atoms with E-state index in [2.05, 4.69) is 4.98 Å². The number of aromatic nitrogens is 1. The molecule has 1 saturated heterocycles. The summed E-state index contributed by atoms with van der Waals surface area (Å²) in [5.41, 5.74) is 0.306. The van der Waals surface area contributed by atoms with Crippen LogP contribution in [0.4, 0.5) is 0 Å². The Morgan fingerprint density at radius 3 is 2.83 bits per heavy atom. The summed E-state index contributed by atoms with van der Waals surface area (Å²) in [5, 5.41) is 11.6. The van der Waals surface area contributed by atoms with Crippen molar-refractivity contribution in [3.63, 3.8) is 0 Å². The van der Waals surface area contributed by atoms with Crippen LogP contribution in [0.3, 0.4) is 0 Å². The van der Waals surface area contributed by atoms with E-state index in [9.17, 15) is 9.59 Å². The number of hydrogen-bond donors (Lipinski definition) is 1. The zero-order valence-corrected chi connectivity index (χ0v) is 10.9. The second-order valence-electron chi connectivity index (χ2n) is 4.16. The van der Waals surface area contributed by atoms with Gasteiger partial charge in [-0.3, -0.25) is 4.79 Å². The summed E-state index contributed by atoms with van der Waals surface area (Å²) in [6, 6.07) is -0.829. The monoisotopic (exact) mass is 270 g/mol. The van der Waals surface area contributed by atoms with Gasteiger partial charge in [-0.1, -0.05) is 0 Å². The maximum Gasteiger partial charge on any atom is 0.326 e. The van der Waals surface area contributed by atoms with Crippen LogP contribution in [-0.4, -0.2) is 52.7 Å². The van der Waals surface area contributed by atoms with Crippen LogP contribution < -0.4 is 0 Å². The topological polar surface area (TPSA) is 79.7 Å². The molecule has 2 rings (SSSR count). The lowest BCUT2D eigenvalue weighted by Crippen LogP contribution is -2.40. The Labute approximate surface area is 108 Å². The lowest BCUT2D eigenvalue weighted by molar-refractivity contribution is -0.141. The van der Waals surface area contributed by atoms with Gasteiger partial charge in [-0.05, 0) is 6.92 Å². The Morgan fingerprint density at radius 2 is 2.33 bits per heavy atom. The Morgan fingerprint density at radius 1 is 1.61 bits per heavy atom. The van der Waals surface area contributed by atoms with Crippen LogP contribution in [0.15, 0.2) is 5.38 Å². The van der Waals surface area contributed by atoms with Crippen molar-refractivity contribution in [2.24, 2.45) is 0 Å². The van der Waals surface area contributed by atoms with Gasteiger partial charge < -0.3 is 14.7 Å². The zero-order chi connectivity index (χ0) is 13.3. The number of methoxy groups -OCH3 is 1. The van der Waals surface area contributed by atoms with Crippen molar-refractivity contribution in [2.75, 3.05) is 13.7 Å². The third-order valence-corrected chi connectivity index (χ3v) is 3.75. The number of aliphatic carboxylic acids is 1. The number of carboxylic acids is 1. The number of likely N-dealkylation sites (tertiary alicyclic amines) is 1. The lowest BCUT2D eigenvalue weighted by Gasteiger charge is -2.19. The van der Waals surface area contributed by atoms with Gasteiger partial charge in [0.25, 0.3) is 5.91 Å². The number of nitrogens with zero attached hydrogens (tertiary/aromatic N) is 2. The van der Waals surface area contributed by atoms with Gasteiger partial charge in [0.05, 0.1) is 11.1 Å². The number of hydrogen-bond acceptors (Lipinski definition) is 5. The summed E-state index contributed by atoms with van der Waals surface area (Å²) < 4.78 is 5.14. The highest BCUT2D eigenvalue weighted by Gasteiger charge is 2.40. The van der Waals surface area contributed by atoms with E-state index < -0.39 is 12.0 Å². The number of aryl methyl sites for hydroxylation is 1. The molecular weight excluding hydrogens is 256 g/mol. The fourth-order valence-corrected chi connectivity index (χ4v) is 2.62. The third-order valence-electron chi connectivity index (χ3n) is 2.98. The van der Waals surface area contributed by atoms with E-state index in [0.29, 0.717) is 18.7 Å². The van der Waals surface area contributed by atoms with Gasteiger partial charge in [0.15, 0.2) is 0 Å². The number of rotatable bonds is 3. The van der Waals surface area contributed by atoms with Crippen molar-refractivity contribution in [3.05, 3.63) is 16.1 Å². The van der Waals surface area contributed by atoms with E-state index in [4.69, 9.17) is 9.84 Å². The molecule has 1 aromatic heterocycles. The fraction of sp³-hybridized carbons (Fsp3) is 0.545. The Bertz CT molecular complexity index is 473. The lowest BCUT2D eigenvalue weighted by atomic mass is 10.2. The number of thiazole rings is 1. The van der Waals surface area contributed by atoms with Crippen LogP contribution in [0, 0.1) is 6.92 Å². The van der Waals surface area contributed by atoms with Gasteiger partial charge in [0.1, 0.15) is 11.7 Å². The molecule has 0 aliphatic carbocycles. The highest BCUT2D eigenvalue weighted by molar-refractivity contribution is 7.09.